The quantitative estimate of drug-likeness (QED) is 0.338. The summed E-state index contributed by atoms with van der Waals surface area (Å²) < 4.78 is 13.7. The zero-order valence-corrected chi connectivity index (χ0v) is 11.4. The van der Waals surface area contributed by atoms with Crippen molar-refractivity contribution in [3.05, 3.63) is 29.0 Å². The number of hydrogen-bond acceptors (Lipinski definition) is 2. The van der Waals surface area contributed by atoms with Gasteiger partial charge in [-0.3, -0.25) is 5.43 Å². The van der Waals surface area contributed by atoms with Crippen LogP contribution in [0.4, 0.5) is 10.1 Å². The third-order valence-corrected chi connectivity index (χ3v) is 3.44. The largest absolute Gasteiger partial charge is 0.323 e. The van der Waals surface area contributed by atoms with E-state index in [1.165, 1.54) is 25.3 Å². The summed E-state index contributed by atoms with van der Waals surface area (Å²) in [5.41, 5.74) is 2.78. The smallest absolute Gasteiger partial charge is 0.210 e. The molecule has 1 fully saturated rings. The first-order chi connectivity index (χ1) is 9.19. The van der Waals surface area contributed by atoms with Crippen LogP contribution in [0.3, 0.4) is 0 Å². The number of halogens is 2. The van der Waals surface area contributed by atoms with Crippen molar-refractivity contribution in [2.75, 3.05) is 5.32 Å². The van der Waals surface area contributed by atoms with E-state index < -0.39 is 5.82 Å². The monoisotopic (exact) mass is 284 g/mol. The Balaban J connectivity index is 2.07. The molecule has 0 atom stereocenters. The summed E-state index contributed by atoms with van der Waals surface area (Å²) in [7, 11) is 0. The summed E-state index contributed by atoms with van der Waals surface area (Å²) in [6.07, 6.45) is 5.73. The minimum absolute atomic E-state index is 0.252. The lowest BCUT2D eigenvalue weighted by molar-refractivity contribution is 0.442. The van der Waals surface area contributed by atoms with Gasteiger partial charge in [0.25, 0.3) is 0 Å². The molecule has 6 heteroatoms. The Bertz CT molecular complexity index is 458. The van der Waals surface area contributed by atoms with E-state index in [-0.39, 0.29) is 6.04 Å². The summed E-state index contributed by atoms with van der Waals surface area (Å²) in [6, 6.07) is 4.67. The maximum absolute atomic E-state index is 13.7. The molecule has 2 rings (SSSR count). The van der Waals surface area contributed by atoms with Crippen LogP contribution in [-0.4, -0.2) is 12.0 Å². The van der Waals surface area contributed by atoms with Crippen LogP contribution in [0.25, 0.3) is 0 Å². The predicted octanol–water partition coefficient (Wildman–Crippen LogP) is 3.04. The second-order valence-electron chi connectivity index (χ2n) is 4.66. The summed E-state index contributed by atoms with van der Waals surface area (Å²) in [4.78, 5) is 4.48. The number of benzene rings is 1. The number of nitrogens with zero attached hydrogens (tertiary/aromatic N) is 1. The Hall–Kier alpha value is -1.33. The average Bonchev–Trinajstić information content (AvgIpc) is 2.42. The minimum Gasteiger partial charge on any atom is -0.323 e. The van der Waals surface area contributed by atoms with Crippen LogP contribution >= 0.6 is 11.6 Å². The number of rotatable bonds is 2. The van der Waals surface area contributed by atoms with Gasteiger partial charge in [0.1, 0.15) is 5.82 Å². The molecule has 19 heavy (non-hydrogen) atoms. The van der Waals surface area contributed by atoms with Crippen molar-refractivity contribution in [3.8, 4) is 0 Å². The molecule has 1 aliphatic rings. The second kappa shape index (κ2) is 6.73. The molecule has 1 saturated carbocycles. The molecule has 0 bridgehead atoms. The van der Waals surface area contributed by atoms with Crippen LogP contribution in [-0.2, 0) is 0 Å². The van der Waals surface area contributed by atoms with Crippen LogP contribution < -0.4 is 16.6 Å². The summed E-state index contributed by atoms with van der Waals surface area (Å²) >= 11 is 5.70. The van der Waals surface area contributed by atoms with Crippen molar-refractivity contribution < 1.29 is 4.39 Å². The molecule has 0 aromatic heterocycles. The SMILES string of the molecule is NNC(=NC1CCCCC1)Nc1ccc(Cl)cc1F. The van der Waals surface area contributed by atoms with E-state index in [0.29, 0.717) is 16.7 Å². The van der Waals surface area contributed by atoms with Gasteiger partial charge in [-0.25, -0.2) is 15.2 Å². The average molecular weight is 285 g/mol. The van der Waals surface area contributed by atoms with Gasteiger partial charge in [0.05, 0.1) is 11.7 Å². The Morgan fingerprint density at radius 3 is 2.68 bits per heavy atom. The third-order valence-electron chi connectivity index (χ3n) is 3.21. The molecule has 0 saturated heterocycles. The van der Waals surface area contributed by atoms with E-state index in [9.17, 15) is 4.39 Å². The lowest BCUT2D eigenvalue weighted by Crippen LogP contribution is -2.37. The molecule has 0 heterocycles. The van der Waals surface area contributed by atoms with Gasteiger partial charge in [0.15, 0.2) is 0 Å². The normalized spacial score (nSPS) is 17.3. The second-order valence-corrected chi connectivity index (χ2v) is 5.10. The van der Waals surface area contributed by atoms with Crippen LogP contribution in [0.15, 0.2) is 23.2 Å². The molecule has 0 aliphatic heterocycles. The van der Waals surface area contributed by atoms with E-state index in [2.05, 4.69) is 15.7 Å². The van der Waals surface area contributed by atoms with Gasteiger partial charge in [0.2, 0.25) is 5.96 Å². The molecule has 104 valence electrons. The molecular formula is C13H18ClFN4. The predicted molar refractivity (Wildman–Crippen MR) is 76.7 cm³/mol. The number of anilines is 1. The topological polar surface area (TPSA) is 62.4 Å². The molecule has 1 aliphatic carbocycles. The van der Waals surface area contributed by atoms with Gasteiger partial charge in [-0.2, -0.15) is 0 Å². The number of nitrogens with one attached hydrogen (secondary N) is 2. The third kappa shape index (κ3) is 4.08. The highest BCUT2D eigenvalue weighted by atomic mass is 35.5. The maximum atomic E-state index is 13.7. The fourth-order valence-electron chi connectivity index (χ4n) is 2.22. The zero-order chi connectivity index (χ0) is 13.7. The molecule has 1 aromatic rings. The van der Waals surface area contributed by atoms with E-state index >= 15 is 0 Å². The van der Waals surface area contributed by atoms with Gasteiger partial charge < -0.3 is 5.32 Å². The van der Waals surface area contributed by atoms with E-state index in [0.717, 1.165) is 12.8 Å². The highest BCUT2D eigenvalue weighted by Crippen LogP contribution is 2.21. The van der Waals surface area contributed by atoms with E-state index in [1.807, 2.05) is 0 Å². The van der Waals surface area contributed by atoms with Crippen molar-refractivity contribution >= 4 is 23.2 Å². The zero-order valence-electron chi connectivity index (χ0n) is 10.6. The Morgan fingerprint density at radius 2 is 2.05 bits per heavy atom. The number of hydrazine groups is 1. The molecule has 0 radical (unpaired) electrons. The fraction of sp³-hybridized carbons (Fsp3) is 0.462. The Labute approximate surface area is 117 Å². The molecular weight excluding hydrogens is 267 g/mol. The van der Waals surface area contributed by atoms with Crippen LogP contribution in [0.1, 0.15) is 32.1 Å². The van der Waals surface area contributed by atoms with Gasteiger partial charge in [0, 0.05) is 5.02 Å². The van der Waals surface area contributed by atoms with Crippen molar-refractivity contribution in [1.29, 1.82) is 0 Å². The Kier molecular flexibility index (Phi) is 4.99. The van der Waals surface area contributed by atoms with Crippen LogP contribution in [0, 0.1) is 5.82 Å². The highest BCUT2D eigenvalue weighted by Gasteiger charge is 2.13. The maximum Gasteiger partial charge on any atom is 0.210 e. The lowest BCUT2D eigenvalue weighted by atomic mass is 9.96. The van der Waals surface area contributed by atoms with Crippen molar-refractivity contribution in [2.45, 2.75) is 38.1 Å². The Morgan fingerprint density at radius 1 is 1.32 bits per heavy atom. The van der Waals surface area contributed by atoms with Crippen LogP contribution in [0.2, 0.25) is 5.02 Å². The van der Waals surface area contributed by atoms with E-state index in [1.54, 1.807) is 12.1 Å². The van der Waals surface area contributed by atoms with Gasteiger partial charge in [-0.1, -0.05) is 30.9 Å². The van der Waals surface area contributed by atoms with Crippen molar-refractivity contribution in [3.63, 3.8) is 0 Å². The molecule has 0 spiro atoms. The standard InChI is InChI=1S/C13H18ClFN4/c14-9-6-7-12(11(15)8-9)18-13(19-16)17-10-4-2-1-3-5-10/h6-8,10H,1-5,16H2,(H2,17,18,19). The van der Waals surface area contributed by atoms with Crippen molar-refractivity contribution in [1.82, 2.24) is 5.43 Å². The van der Waals surface area contributed by atoms with Crippen LogP contribution in [0.5, 0.6) is 0 Å². The molecule has 0 amide bonds. The first-order valence-electron chi connectivity index (χ1n) is 6.45. The number of hydrogen-bond donors (Lipinski definition) is 3. The molecule has 1 aromatic carbocycles. The summed E-state index contributed by atoms with van der Waals surface area (Å²) in [5.74, 6) is 5.38. The number of nitrogens with two attached hydrogens (primary N) is 1. The number of guanidine groups is 1. The minimum atomic E-state index is -0.431. The fourth-order valence-corrected chi connectivity index (χ4v) is 2.38. The van der Waals surface area contributed by atoms with Crippen molar-refractivity contribution in [2.24, 2.45) is 10.8 Å². The van der Waals surface area contributed by atoms with Gasteiger partial charge >= 0.3 is 0 Å². The number of aliphatic imine (C=N–C) groups is 1. The van der Waals surface area contributed by atoms with E-state index in [4.69, 9.17) is 17.4 Å². The molecule has 4 nitrogen and oxygen atoms in total. The molecule has 4 N–H and O–H groups in total. The van der Waals surface area contributed by atoms with Gasteiger partial charge in [-0.15, -0.1) is 0 Å². The summed E-state index contributed by atoms with van der Waals surface area (Å²) in [5, 5.41) is 3.21. The van der Waals surface area contributed by atoms with Gasteiger partial charge in [-0.05, 0) is 31.0 Å². The summed E-state index contributed by atoms with van der Waals surface area (Å²) in [6.45, 7) is 0. The lowest BCUT2D eigenvalue weighted by Gasteiger charge is -2.19. The first kappa shape index (κ1) is 14.1. The first-order valence-corrected chi connectivity index (χ1v) is 6.83. The molecule has 0 unspecified atom stereocenters. The highest BCUT2D eigenvalue weighted by molar-refractivity contribution is 6.30.